The Hall–Kier alpha value is -2.87. The van der Waals surface area contributed by atoms with Crippen LogP contribution in [0.3, 0.4) is 0 Å². The van der Waals surface area contributed by atoms with Gasteiger partial charge < -0.3 is 9.30 Å². The van der Waals surface area contributed by atoms with E-state index in [9.17, 15) is 18.4 Å². The Morgan fingerprint density at radius 3 is 2.65 bits per heavy atom. The first kappa shape index (κ1) is 17.9. The quantitative estimate of drug-likeness (QED) is 0.660. The maximum Gasteiger partial charge on any atom is 0.325 e. The van der Waals surface area contributed by atoms with Crippen LogP contribution in [0.2, 0.25) is 0 Å². The third kappa shape index (κ3) is 3.55. The van der Waals surface area contributed by atoms with Gasteiger partial charge in [0.2, 0.25) is 0 Å². The van der Waals surface area contributed by atoms with Gasteiger partial charge in [-0.1, -0.05) is 17.4 Å². The van der Waals surface area contributed by atoms with Crippen molar-refractivity contribution in [3.63, 3.8) is 0 Å². The van der Waals surface area contributed by atoms with Crippen LogP contribution in [0, 0.1) is 18.6 Å². The number of rotatable bonds is 3. The number of methoxy groups -OCH3 is 1. The number of aryl methyl sites for hydroxylation is 1. The molecule has 0 saturated heterocycles. The van der Waals surface area contributed by atoms with E-state index in [2.05, 4.69) is 9.73 Å². The van der Waals surface area contributed by atoms with E-state index in [-0.39, 0.29) is 16.9 Å². The lowest BCUT2D eigenvalue weighted by atomic mass is 10.2. The number of hydrogen-bond acceptors (Lipinski definition) is 4. The molecule has 0 saturated carbocycles. The normalized spacial score (nSPS) is 11.8. The summed E-state index contributed by atoms with van der Waals surface area (Å²) in [6.07, 6.45) is 0. The number of esters is 1. The number of nitrogens with zero attached hydrogens (tertiary/aromatic N) is 2. The number of amides is 1. The molecule has 26 heavy (non-hydrogen) atoms. The highest BCUT2D eigenvalue weighted by molar-refractivity contribution is 7.16. The summed E-state index contributed by atoms with van der Waals surface area (Å²) in [7, 11) is 1.26. The van der Waals surface area contributed by atoms with Crippen molar-refractivity contribution in [3.8, 4) is 0 Å². The molecular weight excluding hydrogens is 362 g/mol. The van der Waals surface area contributed by atoms with Crippen molar-refractivity contribution in [2.24, 2.45) is 4.99 Å². The minimum absolute atomic E-state index is 0.141. The minimum atomic E-state index is -0.991. The van der Waals surface area contributed by atoms with Crippen molar-refractivity contribution >= 4 is 33.4 Å². The highest BCUT2D eigenvalue weighted by atomic mass is 32.1. The summed E-state index contributed by atoms with van der Waals surface area (Å²) in [4.78, 5) is 28.2. The molecule has 0 N–H and O–H groups in total. The van der Waals surface area contributed by atoms with Crippen LogP contribution >= 0.6 is 11.3 Å². The Bertz CT molecular complexity index is 1090. The second kappa shape index (κ2) is 7.17. The number of ether oxygens (including phenoxy) is 1. The molecule has 3 aromatic rings. The average Bonchev–Trinajstić information content (AvgIpc) is 2.90. The van der Waals surface area contributed by atoms with Gasteiger partial charge in [-0.25, -0.2) is 8.78 Å². The summed E-state index contributed by atoms with van der Waals surface area (Å²) in [5.41, 5.74) is 1.37. The van der Waals surface area contributed by atoms with Gasteiger partial charge in [0.15, 0.2) is 4.80 Å². The third-order valence-electron chi connectivity index (χ3n) is 3.71. The van der Waals surface area contributed by atoms with Crippen LogP contribution in [0.5, 0.6) is 0 Å². The monoisotopic (exact) mass is 376 g/mol. The molecule has 1 aromatic heterocycles. The molecule has 0 atom stereocenters. The standard InChI is InChI=1S/C18H14F2N2O3S/c1-10-3-6-14-15(7-10)26-18(22(14)9-16(23)25-2)21-17(24)12-5-4-11(19)8-13(12)20/h3-8H,9H2,1-2H3. The Morgan fingerprint density at radius 1 is 1.19 bits per heavy atom. The number of carbonyl (C=O) groups excluding carboxylic acids is 2. The van der Waals surface area contributed by atoms with Crippen LogP contribution in [0.15, 0.2) is 41.4 Å². The number of hydrogen-bond donors (Lipinski definition) is 0. The summed E-state index contributed by atoms with van der Waals surface area (Å²) < 4.78 is 33.9. The van der Waals surface area contributed by atoms with E-state index in [1.807, 2.05) is 25.1 Å². The lowest BCUT2D eigenvalue weighted by Gasteiger charge is -2.04. The predicted molar refractivity (Wildman–Crippen MR) is 92.8 cm³/mol. The highest BCUT2D eigenvalue weighted by Crippen LogP contribution is 2.19. The highest BCUT2D eigenvalue weighted by Gasteiger charge is 2.15. The molecule has 8 heteroatoms. The second-order valence-electron chi connectivity index (χ2n) is 5.56. The van der Waals surface area contributed by atoms with Gasteiger partial charge >= 0.3 is 5.97 Å². The molecule has 0 aliphatic rings. The fraction of sp³-hybridized carbons (Fsp3) is 0.167. The van der Waals surface area contributed by atoms with Crippen LogP contribution in [0.1, 0.15) is 15.9 Å². The number of halogens is 2. The topological polar surface area (TPSA) is 60.7 Å². The molecule has 0 aliphatic heterocycles. The first-order chi connectivity index (χ1) is 12.4. The molecule has 0 spiro atoms. The summed E-state index contributed by atoms with van der Waals surface area (Å²) in [5, 5.41) is 0. The summed E-state index contributed by atoms with van der Waals surface area (Å²) in [5.74, 6) is -3.14. The first-order valence-electron chi connectivity index (χ1n) is 7.60. The zero-order valence-electron chi connectivity index (χ0n) is 14.0. The van der Waals surface area contributed by atoms with E-state index in [1.54, 1.807) is 0 Å². The van der Waals surface area contributed by atoms with Gasteiger partial charge in [-0.2, -0.15) is 4.99 Å². The molecule has 0 aliphatic carbocycles. The number of carbonyl (C=O) groups is 2. The number of aromatic nitrogens is 1. The Balaban J connectivity index is 2.15. The smallest absolute Gasteiger partial charge is 0.325 e. The summed E-state index contributed by atoms with van der Waals surface area (Å²) >= 11 is 1.19. The molecule has 0 bridgehead atoms. The number of thiazole rings is 1. The second-order valence-corrected chi connectivity index (χ2v) is 6.57. The Labute approximate surface area is 151 Å². The fourth-order valence-electron chi connectivity index (χ4n) is 2.42. The van der Waals surface area contributed by atoms with E-state index in [0.717, 1.165) is 22.4 Å². The lowest BCUT2D eigenvalue weighted by molar-refractivity contribution is -0.141. The van der Waals surface area contributed by atoms with E-state index >= 15 is 0 Å². The fourth-order valence-corrected chi connectivity index (χ4v) is 3.55. The Kier molecular flexibility index (Phi) is 4.94. The molecule has 1 heterocycles. The minimum Gasteiger partial charge on any atom is -0.468 e. The van der Waals surface area contributed by atoms with Crippen LogP contribution in [0.4, 0.5) is 8.78 Å². The Morgan fingerprint density at radius 2 is 1.96 bits per heavy atom. The van der Waals surface area contributed by atoms with Gasteiger partial charge in [-0.15, -0.1) is 0 Å². The van der Waals surface area contributed by atoms with Crippen LogP contribution in [-0.4, -0.2) is 23.6 Å². The molecule has 1 amide bonds. The van der Waals surface area contributed by atoms with E-state index in [0.29, 0.717) is 11.6 Å². The van der Waals surface area contributed by atoms with Crippen molar-refractivity contribution in [1.29, 1.82) is 0 Å². The molecule has 3 rings (SSSR count). The molecule has 0 fully saturated rings. The summed E-state index contributed by atoms with van der Waals surface area (Å²) in [6, 6.07) is 8.23. The number of fused-ring (bicyclic) bond motifs is 1. The van der Waals surface area contributed by atoms with Crippen LogP contribution in [0.25, 0.3) is 10.2 Å². The van der Waals surface area contributed by atoms with Gasteiger partial charge in [0.05, 0.1) is 22.9 Å². The van der Waals surface area contributed by atoms with Crippen LogP contribution < -0.4 is 4.80 Å². The maximum atomic E-state index is 13.8. The third-order valence-corrected chi connectivity index (χ3v) is 4.75. The summed E-state index contributed by atoms with van der Waals surface area (Å²) in [6.45, 7) is 1.78. The maximum absolute atomic E-state index is 13.8. The molecule has 5 nitrogen and oxygen atoms in total. The van der Waals surface area contributed by atoms with E-state index in [4.69, 9.17) is 0 Å². The molecule has 0 unspecified atom stereocenters. The first-order valence-corrected chi connectivity index (χ1v) is 8.41. The zero-order valence-corrected chi connectivity index (χ0v) is 14.8. The SMILES string of the molecule is COC(=O)Cn1c(=NC(=O)c2ccc(F)cc2F)sc2cc(C)ccc21. The van der Waals surface area contributed by atoms with Crippen molar-refractivity contribution in [1.82, 2.24) is 4.57 Å². The van der Waals surface area contributed by atoms with Crippen molar-refractivity contribution < 1.29 is 23.1 Å². The van der Waals surface area contributed by atoms with Crippen molar-refractivity contribution in [3.05, 3.63) is 64.0 Å². The van der Waals surface area contributed by atoms with Crippen LogP contribution in [-0.2, 0) is 16.1 Å². The zero-order chi connectivity index (χ0) is 18.8. The van der Waals surface area contributed by atoms with Gasteiger partial charge in [-0.3, -0.25) is 9.59 Å². The number of benzene rings is 2. The van der Waals surface area contributed by atoms with Gasteiger partial charge in [0.1, 0.15) is 18.2 Å². The van der Waals surface area contributed by atoms with Gasteiger partial charge in [0, 0.05) is 6.07 Å². The van der Waals surface area contributed by atoms with Crippen molar-refractivity contribution in [2.75, 3.05) is 7.11 Å². The molecule has 134 valence electrons. The van der Waals surface area contributed by atoms with E-state index in [1.165, 1.54) is 23.0 Å². The molecule has 2 aromatic carbocycles. The van der Waals surface area contributed by atoms with E-state index < -0.39 is 23.5 Å². The molecule has 0 radical (unpaired) electrons. The van der Waals surface area contributed by atoms with Gasteiger partial charge in [-0.05, 0) is 36.8 Å². The predicted octanol–water partition coefficient (Wildman–Crippen LogP) is 3.20. The van der Waals surface area contributed by atoms with Crippen molar-refractivity contribution in [2.45, 2.75) is 13.5 Å². The molecular formula is C18H14F2N2O3S. The van der Waals surface area contributed by atoms with Gasteiger partial charge in [0.25, 0.3) is 5.91 Å². The average molecular weight is 376 g/mol. The lowest BCUT2D eigenvalue weighted by Crippen LogP contribution is -2.22. The largest absolute Gasteiger partial charge is 0.468 e.